The average Bonchev–Trinajstić information content (AvgIpc) is 2.97. The smallest absolute Gasteiger partial charge is 0.231 e. The number of hydrogen-bond acceptors (Lipinski definition) is 4. The van der Waals surface area contributed by atoms with Crippen molar-refractivity contribution in [2.45, 2.75) is 30.5 Å². The third-order valence-electron chi connectivity index (χ3n) is 2.81. The van der Waals surface area contributed by atoms with Gasteiger partial charge in [0.25, 0.3) is 0 Å². The van der Waals surface area contributed by atoms with Crippen LogP contribution in [0, 0.1) is 0 Å². The molecular formula is C9H11BrO4. The van der Waals surface area contributed by atoms with Crippen LogP contribution in [-0.2, 0) is 14.2 Å². The number of aliphatic hydroxyl groups excluding tert-OH is 1. The second kappa shape index (κ2) is 3.02. The lowest BCUT2D eigenvalue weighted by molar-refractivity contribution is -0.248. The Balaban J connectivity index is 1.94. The fourth-order valence-corrected chi connectivity index (χ4v) is 2.76. The van der Waals surface area contributed by atoms with Crippen molar-refractivity contribution in [2.75, 3.05) is 13.2 Å². The molecule has 14 heavy (non-hydrogen) atoms. The highest BCUT2D eigenvalue weighted by molar-refractivity contribution is 9.11. The van der Waals surface area contributed by atoms with Gasteiger partial charge in [-0.1, -0.05) is 0 Å². The Labute approximate surface area is 90.0 Å². The molecule has 0 saturated carbocycles. The van der Waals surface area contributed by atoms with Crippen LogP contribution in [0.25, 0.3) is 0 Å². The summed E-state index contributed by atoms with van der Waals surface area (Å²) in [4.78, 5) is 0. The van der Waals surface area contributed by atoms with Crippen LogP contribution in [0.2, 0.25) is 0 Å². The van der Waals surface area contributed by atoms with E-state index in [2.05, 4.69) is 15.9 Å². The van der Waals surface area contributed by atoms with E-state index in [0.29, 0.717) is 13.2 Å². The van der Waals surface area contributed by atoms with Crippen molar-refractivity contribution in [2.24, 2.45) is 0 Å². The Morgan fingerprint density at radius 3 is 2.86 bits per heavy atom. The monoisotopic (exact) mass is 262 g/mol. The molecule has 5 heteroatoms. The van der Waals surface area contributed by atoms with Crippen LogP contribution >= 0.6 is 15.9 Å². The van der Waals surface area contributed by atoms with Crippen molar-refractivity contribution in [3.8, 4) is 0 Å². The van der Waals surface area contributed by atoms with Gasteiger partial charge in [0.15, 0.2) is 0 Å². The van der Waals surface area contributed by atoms with Gasteiger partial charge in [-0.25, -0.2) is 0 Å². The predicted octanol–water partition coefficient (Wildman–Crippen LogP) is 0.540. The minimum atomic E-state index is -0.776. The SMILES string of the molecule is O[C@@H]1C=C(Br)C2(OCCCO2)[C@H]2O[C@@H]12. The van der Waals surface area contributed by atoms with E-state index in [0.717, 1.165) is 10.9 Å². The lowest BCUT2D eigenvalue weighted by Crippen LogP contribution is -2.49. The van der Waals surface area contributed by atoms with Crippen molar-refractivity contribution in [1.82, 2.24) is 0 Å². The molecule has 78 valence electrons. The number of halogens is 1. The van der Waals surface area contributed by atoms with E-state index in [1.165, 1.54) is 0 Å². The molecule has 0 aromatic heterocycles. The molecular weight excluding hydrogens is 252 g/mol. The highest BCUT2D eigenvalue weighted by Crippen LogP contribution is 2.49. The second-order valence-corrected chi connectivity index (χ2v) is 4.60. The van der Waals surface area contributed by atoms with E-state index in [1.807, 2.05) is 0 Å². The summed E-state index contributed by atoms with van der Waals surface area (Å²) in [6, 6.07) is 0. The summed E-state index contributed by atoms with van der Waals surface area (Å²) in [5.41, 5.74) is 0. The van der Waals surface area contributed by atoms with Crippen molar-refractivity contribution < 1.29 is 19.3 Å². The molecule has 0 amide bonds. The molecule has 3 aliphatic rings. The number of rotatable bonds is 0. The molecule has 3 atom stereocenters. The molecule has 0 aromatic rings. The Bertz CT molecular complexity index is 285. The zero-order valence-corrected chi connectivity index (χ0v) is 9.07. The Kier molecular flexibility index (Phi) is 2.01. The molecule has 3 rings (SSSR count). The Morgan fingerprint density at radius 1 is 1.43 bits per heavy atom. The Morgan fingerprint density at radius 2 is 2.14 bits per heavy atom. The zero-order chi connectivity index (χ0) is 9.76. The normalized spacial score (nSPS) is 44.4. The van der Waals surface area contributed by atoms with Gasteiger partial charge in [0.1, 0.15) is 18.3 Å². The highest BCUT2D eigenvalue weighted by atomic mass is 79.9. The molecule has 2 heterocycles. The number of aliphatic hydroxyl groups is 1. The van der Waals surface area contributed by atoms with Crippen molar-refractivity contribution >= 4 is 15.9 Å². The van der Waals surface area contributed by atoms with Crippen LogP contribution < -0.4 is 0 Å². The van der Waals surface area contributed by atoms with Crippen molar-refractivity contribution in [3.63, 3.8) is 0 Å². The number of ether oxygens (including phenoxy) is 3. The van der Waals surface area contributed by atoms with Gasteiger partial charge in [0, 0.05) is 0 Å². The largest absolute Gasteiger partial charge is 0.386 e. The maximum atomic E-state index is 9.56. The lowest BCUT2D eigenvalue weighted by Gasteiger charge is -2.37. The summed E-state index contributed by atoms with van der Waals surface area (Å²) >= 11 is 3.39. The van der Waals surface area contributed by atoms with Crippen LogP contribution in [0.3, 0.4) is 0 Å². The third kappa shape index (κ3) is 1.13. The maximum absolute atomic E-state index is 9.56. The molecule has 2 aliphatic heterocycles. The van der Waals surface area contributed by atoms with E-state index >= 15 is 0 Å². The fourth-order valence-electron chi connectivity index (χ4n) is 2.04. The van der Waals surface area contributed by atoms with Gasteiger partial charge in [0.05, 0.1) is 17.7 Å². The first kappa shape index (κ1) is 9.30. The number of epoxide rings is 1. The molecule has 0 bridgehead atoms. The minimum Gasteiger partial charge on any atom is -0.386 e. The van der Waals surface area contributed by atoms with Crippen molar-refractivity contribution in [3.05, 3.63) is 10.6 Å². The maximum Gasteiger partial charge on any atom is 0.231 e. The van der Waals surface area contributed by atoms with Gasteiger partial charge in [-0.3, -0.25) is 0 Å². The summed E-state index contributed by atoms with van der Waals surface area (Å²) < 4.78 is 17.4. The zero-order valence-electron chi connectivity index (χ0n) is 7.48. The summed E-state index contributed by atoms with van der Waals surface area (Å²) in [5.74, 6) is -0.776. The molecule has 4 nitrogen and oxygen atoms in total. The van der Waals surface area contributed by atoms with E-state index in [4.69, 9.17) is 14.2 Å². The minimum absolute atomic E-state index is 0.155. The van der Waals surface area contributed by atoms with E-state index < -0.39 is 11.9 Å². The van der Waals surface area contributed by atoms with Crippen LogP contribution in [-0.4, -0.2) is 42.4 Å². The average molecular weight is 263 g/mol. The molecule has 2 saturated heterocycles. The van der Waals surface area contributed by atoms with Gasteiger partial charge in [-0.2, -0.15) is 0 Å². The predicted molar refractivity (Wildman–Crippen MR) is 50.9 cm³/mol. The van der Waals surface area contributed by atoms with Crippen molar-refractivity contribution in [1.29, 1.82) is 0 Å². The molecule has 0 radical (unpaired) electrons. The number of fused-ring (bicyclic) bond motifs is 2. The number of hydrogen-bond donors (Lipinski definition) is 1. The summed E-state index contributed by atoms with van der Waals surface area (Å²) in [6.07, 6.45) is 1.74. The second-order valence-electron chi connectivity index (χ2n) is 3.74. The van der Waals surface area contributed by atoms with Crippen LogP contribution in [0.15, 0.2) is 10.6 Å². The van der Waals surface area contributed by atoms with Gasteiger partial charge >= 0.3 is 0 Å². The van der Waals surface area contributed by atoms with Gasteiger partial charge in [-0.15, -0.1) is 0 Å². The molecule has 0 unspecified atom stereocenters. The fraction of sp³-hybridized carbons (Fsp3) is 0.778. The van der Waals surface area contributed by atoms with E-state index in [-0.39, 0.29) is 12.2 Å². The van der Waals surface area contributed by atoms with E-state index in [1.54, 1.807) is 6.08 Å². The highest BCUT2D eigenvalue weighted by Gasteiger charge is 2.64. The Hall–Kier alpha value is 0.0600. The third-order valence-corrected chi connectivity index (χ3v) is 3.63. The van der Waals surface area contributed by atoms with E-state index in [9.17, 15) is 5.11 Å². The first-order chi connectivity index (χ1) is 6.74. The lowest BCUT2D eigenvalue weighted by atomic mass is 9.98. The van der Waals surface area contributed by atoms with Crippen LogP contribution in [0.5, 0.6) is 0 Å². The summed E-state index contributed by atoms with van der Waals surface area (Å²) in [6.45, 7) is 1.34. The molecule has 1 N–H and O–H groups in total. The molecule has 1 spiro atoms. The topological polar surface area (TPSA) is 51.2 Å². The van der Waals surface area contributed by atoms with Gasteiger partial charge in [-0.05, 0) is 28.4 Å². The quantitative estimate of drug-likeness (QED) is 0.648. The summed E-state index contributed by atoms with van der Waals surface area (Å²) in [5, 5.41) is 9.56. The molecule has 0 aromatic carbocycles. The first-order valence-corrected chi connectivity index (χ1v) is 5.52. The first-order valence-electron chi connectivity index (χ1n) is 4.73. The van der Waals surface area contributed by atoms with Crippen LogP contribution in [0.4, 0.5) is 0 Å². The molecule has 2 fully saturated rings. The van der Waals surface area contributed by atoms with Gasteiger partial charge < -0.3 is 19.3 Å². The van der Waals surface area contributed by atoms with Crippen LogP contribution in [0.1, 0.15) is 6.42 Å². The van der Waals surface area contributed by atoms with Gasteiger partial charge in [0.2, 0.25) is 5.79 Å². The summed E-state index contributed by atoms with van der Waals surface area (Å²) in [7, 11) is 0. The molecule has 1 aliphatic carbocycles. The standard InChI is InChI=1S/C9H11BrO4/c10-6-4-5(11)7-8(14-7)9(6)12-2-1-3-13-9/h4-5,7-8,11H,1-3H2/t5-,7+,8+/m1/s1.